The summed E-state index contributed by atoms with van der Waals surface area (Å²) in [4.78, 5) is 38.7. The number of nitrogens with one attached hydrogen (secondary N) is 2. The molecule has 1 amide bonds. The molecule has 1 saturated carbocycles. The molecular formula is C27H25N7O3. The Bertz CT molecular complexity index is 1600. The third kappa shape index (κ3) is 3.98. The van der Waals surface area contributed by atoms with Crippen molar-refractivity contribution in [2.75, 3.05) is 15.1 Å². The lowest BCUT2D eigenvalue weighted by Gasteiger charge is -2.45. The molecule has 4 aromatic rings. The van der Waals surface area contributed by atoms with Crippen LogP contribution >= 0.6 is 0 Å². The van der Waals surface area contributed by atoms with E-state index in [0.29, 0.717) is 45.4 Å². The fourth-order valence-corrected chi connectivity index (χ4v) is 5.37. The van der Waals surface area contributed by atoms with Gasteiger partial charge in [-0.3, -0.25) is 14.5 Å². The van der Waals surface area contributed by atoms with Crippen LogP contribution in [0, 0.1) is 11.3 Å². The number of rotatable bonds is 4. The predicted molar refractivity (Wildman–Crippen MR) is 139 cm³/mol. The summed E-state index contributed by atoms with van der Waals surface area (Å²) in [6.45, 7) is 1.91. The molecule has 10 heteroatoms. The number of benzene rings is 2. The number of H-pyrrole nitrogens is 1. The molecule has 1 aliphatic carbocycles. The maximum Gasteiger partial charge on any atom is 0.287 e. The third-order valence-electron chi connectivity index (χ3n) is 7.17. The minimum Gasteiger partial charge on any atom is -0.378 e. The molecular weight excluding hydrogens is 470 g/mol. The van der Waals surface area contributed by atoms with E-state index in [9.17, 15) is 14.9 Å². The number of carbonyl (C=O) groups is 1. The van der Waals surface area contributed by atoms with Crippen LogP contribution in [0.25, 0.3) is 11.0 Å². The highest BCUT2D eigenvalue weighted by Crippen LogP contribution is 2.42. The number of amides is 1. The maximum absolute atomic E-state index is 13.7. The molecule has 0 unspecified atom stereocenters. The van der Waals surface area contributed by atoms with Crippen LogP contribution in [-0.4, -0.2) is 33.1 Å². The topological polar surface area (TPSA) is 131 Å². The van der Waals surface area contributed by atoms with Crippen LogP contribution < -0.4 is 20.7 Å². The number of hydrogen-bond donors (Lipinski definition) is 2. The van der Waals surface area contributed by atoms with Gasteiger partial charge >= 0.3 is 0 Å². The predicted octanol–water partition coefficient (Wildman–Crippen LogP) is 4.73. The van der Waals surface area contributed by atoms with Crippen LogP contribution in [0.1, 0.15) is 44.6 Å². The van der Waals surface area contributed by atoms with Crippen LogP contribution in [0.2, 0.25) is 0 Å². The van der Waals surface area contributed by atoms with Crippen molar-refractivity contribution in [2.24, 2.45) is 0 Å². The zero-order valence-electron chi connectivity index (χ0n) is 20.3. The molecule has 2 aromatic carbocycles. The summed E-state index contributed by atoms with van der Waals surface area (Å²) in [6.07, 6.45) is 7.07. The fourth-order valence-electron chi connectivity index (χ4n) is 5.37. The van der Waals surface area contributed by atoms with Gasteiger partial charge in [0.25, 0.3) is 11.5 Å². The molecule has 186 valence electrons. The number of nitrogens with zero attached hydrogens (tertiary/aromatic N) is 5. The van der Waals surface area contributed by atoms with Gasteiger partial charge in [0.15, 0.2) is 11.4 Å². The van der Waals surface area contributed by atoms with Gasteiger partial charge in [0.05, 0.1) is 28.9 Å². The summed E-state index contributed by atoms with van der Waals surface area (Å²) in [7, 11) is 0. The number of fused-ring (bicyclic) bond motifs is 2. The van der Waals surface area contributed by atoms with Crippen molar-refractivity contribution in [1.29, 1.82) is 5.26 Å². The number of carbonyl (C=O) groups excluding carboxylic acids is 1. The van der Waals surface area contributed by atoms with Gasteiger partial charge in [0.1, 0.15) is 11.7 Å². The highest BCUT2D eigenvalue weighted by molar-refractivity contribution is 6.10. The standard InChI is InChI=1S/C27H25N7O3/c1-16-26(36)34(20-9-5-6-17(12-20)14-28)22-15-29-27(31-24(22)33(16)19-7-3-2-4-8-19)30-18-10-11-21-23(13-18)37-32-25(21)35/h5-6,9-13,15-16,19H,2-4,7-8H2,1H3,(H,32,35)(H,29,30,31)/t16-/m1/s1. The Morgan fingerprint density at radius 1 is 1.14 bits per heavy atom. The van der Waals surface area contributed by atoms with Gasteiger partial charge in [-0.1, -0.05) is 25.3 Å². The molecule has 1 atom stereocenters. The minimum atomic E-state index is -0.436. The van der Waals surface area contributed by atoms with E-state index in [1.165, 1.54) is 6.42 Å². The Labute approximate surface area is 212 Å². The van der Waals surface area contributed by atoms with Gasteiger partial charge in [-0.2, -0.15) is 15.4 Å². The summed E-state index contributed by atoms with van der Waals surface area (Å²) < 4.78 is 5.23. The second kappa shape index (κ2) is 9.09. The van der Waals surface area contributed by atoms with E-state index in [2.05, 4.69) is 26.4 Å². The van der Waals surface area contributed by atoms with Crippen molar-refractivity contribution in [2.45, 2.75) is 51.1 Å². The lowest BCUT2D eigenvalue weighted by Crippen LogP contribution is -2.55. The first kappa shape index (κ1) is 22.8. The molecule has 2 N–H and O–H groups in total. The van der Waals surface area contributed by atoms with Crippen LogP contribution in [0.4, 0.5) is 28.8 Å². The van der Waals surface area contributed by atoms with Gasteiger partial charge in [-0.05, 0) is 50.1 Å². The average molecular weight is 496 g/mol. The van der Waals surface area contributed by atoms with Crippen LogP contribution in [0.3, 0.4) is 0 Å². The monoisotopic (exact) mass is 495 g/mol. The van der Waals surface area contributed by atoms with Crippen molar-refractivity contribution >= 4 is 45.7 Å². The molecule has 1 aliphatic heterocycles. The van der Waals surface area contributed by atoms with Crippen molar-refractivity contribution in [3.8, 4) is 6.07 Å². The number of nitriles is 1. The molecule has 6 rings (SSSR count). The Kier molecular flexibility index (Phi) is 5.60. The Hall–Kier alpha value is -4.65. The van der Waals surface area contributed by atoms with Crippen molar-refractivity contribution in [3.63, 3.8) is 0 Å². The van der Waals surface area contributed by atoms with E-state index >= 15 is 0 Å². The van der Waals surface area contributed by atoms with E-state index in [0.717, 1.165) is 25.7 Å². The Morgan fingerprint density at radius 2 is 1.97 bits per heavy atom. The second-order valence-electron chi connectivity index (χ2n) is 9.48. The van der Waals surface area contributed by atoms with Crippen molar-refractivity contribution in [1.82, 2.24) is 15.1 Å². The first-order valence-electron chi connectivity index (χ1n) is 12.4. The van der Waals surface area contributed by atoms with E-state index in [4.69, 9.17) is 9.51 Å². The van der Waals surface area contributed by atoms with Crippen molar-refractivity contribution < 1.29 is 9.32 Å². The maximum atomic E-state index is 13.7. The quantitative estimate of drug-likeness (QED) is 0.415. The lowest BCUT2D eigenvalue weighted by molar-refractivity contribution is -0.119. The smallest absolute Gasteiger partial charge is 0.287 e. The number of hydrogen-bond acceptors (Lipinski definition) is 8. The summed E-state index contributed by atoms with van der Waals surface area (Å²) >= 11 is 0. The van der Waals surface area contributed by atoms with Gasteiger partial charge in [-0.15, -0.1) is 0 Å². The van der Waals surface area contributed by atoms with Crippen LogP contribution in [-0.2, 0) is 4.79 Å². The number of aromatic amines is 1. The van der Waals surface area contributed by atoms with Gasteiger partial charge < -0.3 is 14.7 Å². The van der Waals surface area contributed by atoms with E-state index < -0.39 is 6.04 Å². The molecule has 0 saturated heterocycles. The number of anilines is 5. The molecule has 3 heterocycles. The van der Waals surface area contributed by atoms with Crippen LogP contribution in [0.5, 0.6) is 0 Å². The van der Waals surface area contributed by atoms with E-state index in [1.54, 1.807) is 47.5 Å². The molecule has 0 radical (unpaired) electrons. The highest BCUT2D eigenvalue weighted by Gasteiger charge is 2.41. The summed E-state index contributed by atoms with van der Waals surface area (Å²) in [5, 5.41) is 15.4. The Balaban J connectivity index is 1.44. The first-order valence-corrected chi connectivity index (χ1v) is 12.4. The first-order chi connectivity index (χ1) is 18.0. The molecule has 1 fully saturated rings. The minimum absolute atomic E-state index is 0.0783. The zero-order chi connectivity index (χ0) is 25.5. The molecule has 10 nitrogen and oxygen atoms in total. The van der Waals surface area contributed by atoms with E-state index in [1.807, 2.05) is 13.0 Å². The fraction of sp³-hybridized carbons (Fsp3) is 0.296. The normalized spacial score (nSPS) is 18.1. The van der Waals surface area contributed by atoms with E-state index in [-0.39, 0.29) is 17.5 Å². The molecule has 2 aliphatic rings. The lowest BCUT2D eigenvalue weighted by atomic mass is 9.92. The third-order valence-corrected chi connectivity index (χ3v) is 7.17. The van der Waals surface area contributed by atoms with Crippen LogP contribution in [0.15, 0.2) is 58.0 Å². The molecule has 37 heavy (non-hydrogen) atoms. The average Bonchev–Trinajstić information content (AvgIpc) is 3.30. The largest absolute Gasteiger partial charge is 0.378 e. The van der Waals surface area contributed by atoms with Gasteiger partial charge in [-0.25, -0.2) is 4.98 Å². The van der Waals surface area contributed by atoms with Gasteiger partial charge in [0, 0.05) is 17.8 Å². The van der Waals surface area contributed by atoms with Gasteiger partial charge in [0.2, 0.25) is 5.95 Å². The Morgan fingerprint density at radius 3 is 2.78 bits per heavy atom. The summed E-state index contributed by atoms with van der Waals surface area (Å²) in [5.74, 6) is 0.961. The molecule has 0 bridgehead atoms. The number of aromatic nitrogens is 3. The van der Waals surface area contributed by atoms with Crippen molar-refractivity contribution in [3.05, 3.63) is 64.6 Å². The molecule has 0 spiro atoms. The second-order valence-corrected chi connectivity index (χ2v) is 9.48. The molecule has 2 aromatic heterocycles. The summed E-state index contributed by atoms with van der Waals surface area (Å²) in [6, 6.07) is 14.1. The SMILES string of the molecule is C[C@@H]1C(=O)N(c2cccc(C#N)c2)c2cnc(Nc3ccc4c(=O)[nH]oc4c3)nc2N1C1CCCCC1. The zero-order valence-corrected chi connectivity index (χ0v) is 20.3. The highest BCUT2D eigenvalue weighted by atomic mass is 16.5. The summed E-state index contributed by atoms with van der Waals surface area (Å²) in [5.41, 5.74) is 2.48.